The maximum absolute atomic E-state index is 12.2. The van der Waals surface area contributed by atoms with Crippen molar-refractivity contribution in [2.45, 2.75) is 27.7 Å². The first kappa shape index (κ1) is 15.5. The zero-order chi connectivity index (χ0) is 16.6. The Morgan fingerprint density at radius 3 is 2.70 bits per heavy atom. The molecule has 6 nitrogen and oxygen atoms in total. The maximum atomic E-state index is 12.2. The minimum atomic E-state index is -0.511. The Labute approximate surface area is 137 Å². The van der Waals surface area contributed by atoms with Gasteiger partial charge in [0, 0.05) is 28.9 Å². The van der Waals surface area contributed by atoms with Crippen molar-refractivity contribution in [3.63, 3.8) is 0 Å². The van der Waals surface area contributed by atoms with Crippen LogP contribution in [0.4, 0.5) is 0 Å². The average Bonchev–Trinajstić information content (AvgIpc) is 2.86. The molecular formula is C16H17N5OS. The number of fused-ring (bicyclic) bond motifs is 1. The summed E-state index contributed by atoms with van der Waals surface area (Å²) in [6, 6.07) is 1.89. The van der Waals surface area contributed by atoms with Crippen molar-refractivity contribution in [2.75, 3.05) is 0 Å². The molecular weight excluding hydrogens is 310 g/mol. The van der Waals surface area contributed by atoms with E-state index in [1.165, 1.54) is 11.3 Å². The van der Waals surface area contributed by atoms with Crippen molar-refractivity contribution in [1.29, 1.82) is 0 Å². The van der Waals surface area contributed by atoms with Crippen molar-refractivity contribution in [2.24, 2.45) is 10.4 Å². The van der Waals surface area contributed by atoms with Crippen molar-refractivity contribution in [1.82, 2.24) is 19.5 Å². The Bertz CT molecular complexity index is 949. The van der Waals surface area contributed by atoms with Crippen molar-refractivity contribution >= 4 is 28.4 Å². The molecule has 0 radical (unpaired) electrons. The molecule has 118 valence electrons. The first-order valence-corrected chi connectivity index (χ1v) is 8.01. The summed E-state index contributed by atoms with van der Waals surface area (Å²) in [5, 5.41) is 0. The molecule has 0 N–H and O–H groups in total. The largest absolute Gasteiger partial charge is 0.290 e. The van der Waals surface area contributed by atoms with Gasteiger partial charge in [-0.25, -0.2) is 9.97 Å². The van der Waals surface area contributed by atoms with Gasteiger partial charge in [-0.2, -0.15) is 4.99 Å². The van der Waals surface area contributed by atoms with Crippen LogP contribution in [0.1, 0.15) is 25.6 Å². The van der Waals surface area contributed by atoms with Gasteiger partial charge in [-0.1, -0.05) is 20.8 Å². The van der Waals surface area contributed by atoms with Crippen LogP contribution in [0.15, 0.2) is 35.8 Å². The summed E-state index contributed by atoms with van der Waals surface area (Å²) in [6.07, 6.45) is 6.90. The molecule has 3 rings (SSSR count). The lowest BCUT2D eigenvalue weighted by Gasteiger charge is -2.11. The summed E-state index contributed by atoms with van der Waals surface area (Å²) in [4.78, 5) is 31.0. The van der Waals surface area contributed by atoms with Gasteiger partial charge in [-0.05, 0) is 13.0 Å². The second-order valence-electron chi connectivity index (χ2n) is 6.25. The van der Waals surface area contributed by atoms with Gasteiger partial charge >= 0.3 is 0 Å². The highest BCUT2D eigenvalue weighted by atomic mass is 32.1. The average molecular weight is 327 g/mol. The Kier molecular flexibility index (Phi) is 3.81. The molecule has 0 aliphatic carbocycles. The van der Waals surface area contributed by atoms with E-state index in [1.807, 2.05) is 44.5 Å². The molecule has 3 aromatic rings. The van der Waals surface area contributed by atoms with E-state index in [-0.39, 0.29) is 5.91 Å². The molecule has 3 aromatic heterocycles. The van der Waals surface area contributed by atoms with E-state index < -0.39 is 5.41 Å². The number of hydrogen-bond acceptors (Lipinski definition) is 5. The van der Waals surface area contributed by atoms with Crippen LogP contribution in [0, 0.1) is 12.3 Å². The van der Waals surface area contributed by atoms with Crippen LogP contribution >= 0.6 is 11.3 Å². The van der Waals surface area contributed by atoms with Gasteiger partial charge in [-0.3, -0.25) is 14.3 Å². The van der Waals surface area contributed by atoms with E-state index in [4.69, 9.17) is 0 Å². The van der Waals surface area contributed by atoms with Crippen molar-refractivity contribution in [3.05, 3.63) is 40.5 Å². The quantitative estimate of drug-likeness (QED) is 0.689. The van der Waals surface area contributed by atoms with Gasteiger partial charge in [0.25, 0.3) is 5.91 Å². The first-order chi connectivity index (χ1) is 10.8. The molecule has 7 heteroatoms. The third-order valence-electron chi connectivity index (χ3n) is 3.20. The molecule has 0 atom stereocenters. The fourth-order valence-electron chi connectivity index (χ4n) is 1.95. The number of rotatable bonds is 1. The Morgan fingerprint density at radius 2 is 1.96 bits per heavy atom. The molecule has 0 fully saturated rings. The summed E-state index contributed by atoms with van der Waals surface area (Å²) in [5.74, 6) is -0.151. The maximum Gasteiger partial charge on any atom is 0.253 e. The molecule has 3 heterocycles. The summed E-state index contributed by atoms with van der Waals surface area (Å²) in [6.45, 7) is 7.56. The number of amides is 1. The van der Waals surface area contributed by atoms with Crippen LogP contribution in [-0.2, 0) is 4.79 Å². The number of nitrogens with zero attached hydrogens (tertiary/aromatic N) is 5. The highest BCUT2D eigenvalue weighted by molar-refractivity contribution is 7.09. The summed E-state index contributed by atoms with van der Waals surface area (Å²) in [7, 11) is 0. The second-order valence-corrected chi connectivity index (χ2v) is 7.47. The standard InChI is InChI=1S/C16H17N5OS/c1-10-9-21(15(23-10)20-14(22)16(2,3)4)11-7-12-13(19-8-11)18-6-5-17-12/h5-9H,1-4H3/b20-15-. The lowest BCUT2D eigenvalue weighted by atomic mass is 9.96. The lowest BCUT2D eigenvalue weighted by Crippen LogP contribution is -2.23. The normalized spacial score (nSPS) is 12.8. The van der Waals surface area contributed by atoms with Gasteiger partial charge < -0.3 is 0 Å². The molecule has 0 unspecified atom stereocenters. The number of aryl methyl sites for hydroxylation is 1. The SMILES string of the molecule is Cc1cn(-c2cnc3nccnc3c2)/c(=N/C(=O)C(C)(C)C)s1. The zero-order valence-corrected chi connectivity index (χ0v) is 14.3. The van der Waals surface area contributed by atoms with Crippen LogP contribution in [0.3, 0.4) is 0 Å². The number of hydrogen-bond donors (Lipinski definition) is 0. The van der Waals surface area contributed by atoms with E-state index in [0.29, 0.717) is 16.0 Å². The highest BCUT2D eigenvalue weighted by Crippen LogP contribution is 2.16. The van der Waals surface area contributed by atoms with E-state index >= 15 is 0 Å². The zero-order valence-electron chi connectivity index (χ0n) is 13.4. The molecule has 0 spiro atoms. The molecule has 1 amide bonds. The summed E-state index contributed by atoms with van der Waals surface area (Å²) < 4.78 is 1.87. The summed E-state index contributed by atoms with van der Waals surface area (Å²) >= 11 is 1.47. The Morgan fingerprint density at radius 1 is 1.22 bits per heavy atom. The number of aromatic nitrogens is 4. The van der Waals surface area contributed by atoms with Crippen LogP contribution in [-0.4, -0.2) is 25.4 Å². The van der Waals surface area contributed by atoms with Crippen LogP contribution in [0.25, 0.3) is 16.9 Å². The monoisotopic (exact) mass is 327 g/mol. The van der Waals surface area contributed by atoms with Crippen LogP contribution in [0.5, 0.6) is 0 Å². The molecule has 0 aromatic carbocycles. The second kappa shape index (κ2) is 5.66. The minimum Gasteiger partial charge on any atom is -0.290 e. The lowest BCUT2D eigenvalue weighted by molar-refractivity contribution is -0.125. The number of carbonyl (C=O) groups excluding carboxylic acids is 1. The predicted octanol–water partition coefficient (Wildman–Crippen LogP) is 2.66. The fourth-order valence-corrected chi connectivity index (χ4v) is 2.78. The molecule has 23 heavy (non-hydrogen) atoms. The van der Waals surface area contributed by atoms with Gasteiger partial charge in [0.05, 0.1) is 11.9 Å². The Balaban J connectivity index is 2.16. The van der Waals surface area contributed by atoms with E-state index in [2.05, 4.69) is 19.9 Å². The third-order valence-corrected chi connectivity index (χ3v) is 4.09. The van der Waals surface area contributed by atoms with Gasteiger partial charge in [-0.15, -0.1) is 11.3 Å². The van der Waals surface area contributed by atoms with Gasteiger partial charge in [0.2, 0.25) is 0 Å². The molecule has 0 bridgehead atoms. The summed E-state index contributed by atoms with van der Waals surface area (Å²) in [5.41, 5.74) is 1.59. The van der Waals surface area contributed by atoms with Crippen LogP contribution < -0.4 is 4.80 Å². The molecule has 0 saturated carbocycles. The van der Waals surface area contributed by atoms with Crippen molar-refractivity contribution < 1.29 is 4.79 Å². The highest BCUT2D eigenvalue weighted by Gasteiger charge is 2.21. The molecule has 0 aliphatic heterocycles. The van der Waals surface area contributed by atoms with E-state index in [9.17, 15) is 4.79 Å². The van der Waals surface area contributed by atoms with E-state index in [0.717, 1.165) is 10.6 Å². The van der Waals surface area contributed by atoms with Gasteiger partial charge in [0.15, 0.2) is 10.4 Å². The fraction of sp³-hybridized carbons (Fsp3) is 0.312. The van der Waals surface area contributed by atoms with Crippen molar-refractivity contribution in [3.8, 4) is 5.69 Å². The number of pyridine rings is 1. The van der Waals surface area contributed by atoms with Gasteiger partial charge in [0.1, 0.15) is 5.52 Å². The molecule has 0 aliphatic rings. The minimum absolute atomic E-state index is 0.151. The topological polar surface area (TPSA) is 73.0 Å². The molecule has 0 saturated heterocycles. The number of thiazole rings is 1. The van der Waals surface area contributed by atoms with Crippen LogP contribution in [0.2, 0.25) is 0 Å². The smallest absolute Gasteiger partial charge is 0.253 e. The predicted molar refractivity (Wildman–Crippen MR) is 89.3 cm³/mol. The number of carbonyl (C=O) groups is 1. The Hall–Kier alpha value is -2.41. The third kappa shape index (κ3) is 3.19. The van der Waals surface area contributed by atoms with E-state index in [1.54, 1.807) is 18.6 Å². The first-order valence-electron chi connectivity index (χ1n) is 7.20.